The van der Waals surface area contributed by atoms with E-state index in [1.807, 2.05) is 18.2 Å². The third-order valence-electron chi connectivity index (χ3n) is 6.51. The number of benzene rings is 3. The number of nitrogens with zero attached hydrogens (tertiary/aromatic N) is 3. The first-order valence-electron chi connectivity index (χ1n) is 11.2. The molecule has 1 aliphatic carbocycles. The first kappa shape index (κ1) is 19.8. The fourth-order valence-electron chi connectivity index (χ4n) is 4.81. The molecule has 0 bridgehead atoms. The molecule has 7 heteroatoms. The Labute approximate surface area is 188 Å². The van der Waals surface area contributed by atoms with Gasteiger partial charge in [0, 0.05) is 40.5 Å². The number of ether oxygens (including phenoxy) is 1. The molecule has 166 valence electrons. The standard InChI is InChI=1S/C26H22FN3O3/c1-2-29-19-6-4-3-5-17(19)18-13-16(9-10-20(18)29)25-28-24-21(30(25)14-15-7-8-15)11-12-22(23(24)27)33-26(31)32/h3-6,9-13,15H,2,7-8,14H2,1H3,(H,31,32). The summed E-state index contributed by atoms with van der Waals surface area (Å²) >= 11 is 0. The molecule has 5 aromatic rings. The zero-order valence-corrected chi connectivity index (χ0v) is 18.1. The van der Waals surface area contributed by atoms with Gasteiger partial charge in [-0.25, -0.2) is 14.2 Å². The van der Waals surface area contributed by atoms with Crippen LogP contribution in [0.5, 0.6) is 5.75 Å². The van der Waals surface area contributed by atoms with Crippen molar-refractivity contribution >= 4 is 39.0 Å². The van der Waals surface area contributed by atoms with Gasteiger partial charge in [0.05, 0.1) is 5.52 Å². The van der Waals surface area contributed by atoms with Crippen LogP contribution in [0.1, 0.15) is 19.8 Å². The Hall–Kier alpha value is -3.87. The Bertz CT molecular complexity index is 1560. The highest BCUT2D eigenvalue weighted by Crippen LogP contribution is 2.38. The maximum Gasteiger partial charge on any atom is 0.511 e. The molecule has 2 aromatic heterocycles. The molecule has 0 aliphatic heterocycles. The van der Waals surface area contributed by atoms with Gasteiger partial charge in [0.25, 0.3) is 0 Å². The molecule has 1 aliphatic rings. The Morgan fingerprint density at radius 1 is 1.06 bits per heavy atom. The average molecular weight is 443 g/mol. The maximum atomic E-state index is 15.1. The Kier molecular flexibility index (Phi) is 4.40. The van der Waals surface area contributed by atoms with Gasteiger partial charge < -0.3 is 19.0 Å². The number of para-hydroxylation sites is 1. The number of carboxylic acid groups (broad SMARTS) is 1. The van der Waals surface area contributed by atoms with Crippen LogP contribution in [0.15, 0.2) is 54.6 Å². The zero-order valence-electron chi connectivity index (χ0n) is 18.1. The normalized spacial score (nSPS) is 13.9. The summed E-state index contributed by atoms with van der Waals surface area (Å²) in [4.78, 5) is 15.6. The molecule has 6 nitrogen and oxygen atoms in total. The molecule has 6 rings (SSSR count). The van der Waals surface area contributed by atoms with Gasteiger partial charge in [-0.1, -0.05) is 18.2 Å². The van der Waals surface area contributed by atoms with Crippen molar-refractivity contribution in [3.8, 4) is 17.1 Å². The summed E-state index contributed by atoms with van der Waals surface area (Å²) in [7, 11) is 0. The summed E-state index contributed by atoms with van der Waals surface area (Å²) in [6, 6.07) is 17.6. The number of imidazole rings is 1. The fourth-order valence-corrected chi connectivity index (χ4v) is 4.81. The largest absolute Gasteiger partial charge is 0.511 e. The van der Waals surface area contributed by atoms with Crippen molar-refractivity contribution in [2.24, 2.45) is 5.92 Å². The molecule has 0 radical (unpaired) electrons. The van der Waals surface area contributed by atoms with Gasteiger partial charge in [-0.15, -0.1) is 0 Å². The number of fused-ring (bicyclic) bond motifs is 4. The zero-order chi connectivity index (χ0) is 22.7. The van der Waals surface area contributed by atoms with Gasteiger partial charge in [-0.2, -0.15) is 0 Å². The van der Waals surface area contributed by atoms with Crippen molar-refractivity contribution in [3.63, 3.8) is 0 Å². The second-order valence-electron chi connectivity index (χ2n) is 8.60. The third kappa shape index (κ3) is 3.15. The lowest BCUT2D eigenvalue weighted by Gasteiger charge is -2.10. The van der Waals surface area contributed by atoms with Crippen LogP contribution in [0.4, 0.5) is 9.18 Å². The van der Waals surface area contributed by atoms with Crippen LogP contribution in [-0.2, 0) is 13.1 Å². The lowest BCUT2D eigenvalue weighted by molar-refractivity contribution is 0.142. The number of aryl methyl sites for hydroxylation is 1. The predicted octanol–water partition coefficient (Wildman–Crippen LogP) is 6.44. The van der Waals surface area contributed by atoms with Gasteiger partial charge in [-0.05, 0) is 62.1 Å². The number of aromatic nitrogens is 3. The van der Waals surface area contributed by atoms with Gasteiger partial charge in [0.2, 0.25) is 0 Å². The molecule has 0 spiro atoms. The molecule has 3 aromatic carbocycles. The smallest absolute Gasteiger partial charge is 0.449 e. The maximum absolute atomic E-state index is 15.1. The predicted molar refractivity (Wildman–Crippen MR) is 125 cm³/mol. The summed E-state index contributed by atoms with van der Waals surface area (Å²) in [5.74, 6) is 0.136. The van der Waals surface area contributed by atoms with Crippen molar-refractivity contribution in [2.45, 2.75) is 32.9 Å². The average Bonchev–Trinajstić information content (AvgIpc) is 3.47. The second-order valence-corrected chi connectivity index (χ2v) is 8.60. The molecule has 0 unspecified atom stereocenters. The SMILES string of the molecule is CCn1c2ccccc2c2cc(-c3nc4c(F)c(OC(=O)O)ccc4n3CC3CC3)ccc21. The van der Waals surface area contributed by atoms with Crippen LogP contribution in [0.2, 0.25) is 0 Å². The molecule has 0 atom stereocenters. The molecule has 0 saturated heterocycles. The highest BCUT2D eigenvalue weighted by molar-refractivity contribution is 6.09. The van der Waals surface area contributed by atoms with E-state index in [-0.39, 0.29) is 11.3 Å². The van der Waals surface area contributed by atoms with E-state index in [9.17, 15) is 4.79 Å². The minimum absolute atomic E-state index is 0.125. The first-order valence-corrected chi connectivity index (χ1v) is 11.2. The number of halogens is 1. The van der Waals surface area contributed by atoms with Crippen LogP contribution in [0.25, 0.3) is 44.2 Å². The van der Waals surface area contributed by atoms with Crippen LogP contribution < -0.4 is 4.74 Å². The van der Waals surface area contributed by atoms with E-state index in [1.54, 1.807) is 6.07 Å². The minimum atomic E-state index is -1.55. The molecule has 1 N–H and O–H groups in total. The van der Waals surface area contributed by atoms with Crippen molar-refractivity contribution < 1.29 is 19.0 Å². The van der Waals surface area contributed by atoms with Crippen LogP contribution >= 0.6 is 0 Å². The molecule has 33 heavy (non-hydrogen) atoms. The second kappa shape index (κ2) is 7.33. The summed E-state index contributed by atoms with van der Waals surface area (Å²) in [6.45, 7) is 3.74. The van der Waals surface area contributed by atoms with Crippen molar-refractivity contribution in [1.82, 2.24) is 14.1 Å². The fraction of sp³-hybridized carbons (Fsp3) is 0.231. The van der Waals surface area contributed by atoms with E-state index >= 15 is 4.39 Å². The molecular weight excluding hydrogens is 421 g/mol. The van der Waals surface area contributed by atoms with Crippen LogP contribution in [-0.4, -0.2) is 25.4 Å². The Morgan fingerprint density at radius 3 is 2.58 bits per heavy atom. The number of hydrogen-bond acceptors (Lipinski definition) is 3. The van der Waals surface area contributed by atoms with Crippen molar-refractivity contribution in [1.29, 1.82) is 0 Å². The van der Waals surface area contributed by atoms with Crippen molar-refractivity contribution in [3.05, 3.63) is 60.4 Å². The Balaban J connectivity index is 1.59. The monoisotopic (exact) mass is 443 g/mol. The molecule has 0 amide bonds. The lowest BCUT2D eigenvalue weighted by Crippen LogP contribution is -2.05. The van der Waals surface area contributed by atoms with Gasteiger partial charge in [0.1, 0.15) is 11.3 Å². The molecule has 1 fully saturated rings. The summed E-state index contributed by atoms with van der Waals surface area (Å²) in [6.07, 6.45) is 0.735. The van der Waals surface area contributed by atoms with E-state index < -0.39 is 12.0 Å². The summed E-state index contributed by atoms with van der Waals surface area (Å²) < 4.78 is 24.1. The van der Waals surface area contributed by atoms with Crippen LogP contribution in [0.3, 0.4) is 0 Å². The highest BCUT2D eigenvalue weighted by Gasteiger charge is 2.27. The van der Waals surface area contributed by atoms with Gasteiger partial charge in [0.15, 0.2) is 11.6 Å². The van der Waals surface area contributed by atoms with E-state index in [2.05, 4.69) is 50.0 Å². The minimum Gasteiger partial charge on any atom is -0.449 e. The summed E-state index contributed by atoms with van der Waals surface area (Å²) in [5, 5.41) is 11.2. The topological polar surface area (TPSA) is 69.3 Å². The highest BCUT2D eigenvalue weighted by atomic mass is 19.1. The Morgan fingerprint density at radius 2 is 1.82 bits per heavy atom. The quantitative estimate of drug-likeness (QED) is 0.251. The van der Waals surface area contributed by atoms with Gasteiger partial charge in [-0.3, -0.25) is 0 Å². The lowest BCUT2D eigenvalue weighted by atomic mass is 10.1. The molecule has 2 heterocycles. The number of carbonyl (C=O) groups is 1. The first-order chi connectivity index (χ1) is 16.0. The van der Waals surface area contributed by atoms with Crippen LogP contribution in [0, 0.1) is 11.7 Å². The van der Waals surface area contributed by atoms with E-state index in [4.69, 9.17) is 5.11 Å². The van der Waals surface area contributed by atoms with Crippen molar-refractivity contribution in [2.75, 3.05) is 0 Å². The molecule has 1 saturated carbocycles. The number of hydrogen-bond donors (Lipinski definition) is 1. The summed E-state index contributed by atoms with van der Waals surface area (Å²) in [5.41, 5.74) is 4.00. The third-order valence-corrected chi connectivity index (χ3v) is 6.51. The van der Waals surface area contributed by atoms with E-state index in [1.165, 1.54) is 17.0 Å². The molecular formula is C26H22FN3O3. The van der Waals surface area contributed by atoms with Gasteiger partial charge >= 0.3 is 6.16 Å². The van der Waals surface area contributed by atoms with E-state index in [0.29, 0.717) is 17.3 Å². The van der Waals surface area contributed by atoms with E-state index in [0.717, 1.165) is 42.4 Å². The number of rotatable bonds is 5.